The van der Waals surface area contributed by atoms with Crippen LogP contribution >= 0.6 is 11.6 Å². The molecule has 0 amide bonds. The maximum atomic E-state index is 6.12. The second kappa shape index (κ2) is 6.90. The van der Waals surface area contributed by atoms with Gasteiger partial charge in [0.25, 0.3) is 0 Å². The first kappa shape index (κ1) is 16.9. The topological polar surface area (TPSA) is 95.3 Å². The fourth-order valence-corrected chi connectivity index (χ4v) is 2.57. The number of halogens is 1. The summed E-state index contributed by atoms with van der Waals surface area (Å²) in [7, 11) is 4.71. The van der Waals surface area contributed by atoms with Gasteiger partial charge in [-0.05, 0) is 24.3 Å². The lowest BCUT2D eigenvalue weighted by atomic mass is 10.1. The Morgan fingerprint density at radius 3 is 2.36 bits per heavy atom. The predicted octanol–water partition coefficient (Wildman–Crippen LogP) is 3.40. The Bertz CT molecular complexity index is 911. The van der Waals surface area contributed by atoms with E-state index in [-0.39, 0.29) is 0 Å². The van der Waals surface area contributed by atoms with Crippen LogP contribution in [-0.2, 0) is 0 Å². The van der Waals surface area contributed by atoms with E-state index >= 15 is 0 Å². The number of nitrogens with zero attached hydrogens (tertiary/aromatic N) is 2. The molecule has 0 aliphatic heterocycles. The Morgan fingerprint density at radius 1 is 0.960 bits per heavy atom. The second-order valence-corrected chi connectivity index (χ2v) is 5.56. The summed E-state index contributed by atoms with van der Waals surface area (Å²) in [6.45, 7) is 0. The van der Waals surface area contributed by atoms with Crippen molar-refractivity contribution < 1.29 is 14.2 Å². The molecule has 0 saturated carbocycles. The predicted molar refractivity (Wildman–Crippen MR) is 96.3 cm³/mol. The molecule has 0 aliphatic rings. The van der Waals surface area contributed by atoms with Crippen molar-refractivity contribution in [2.24, 2.45) is 0 Å². The van der Waals surface area contributed by atoms with Crippen LogP contribution in [0, 0.1) is 0 Å². The largest absolute Gasteiger partial charge is 0.496 e. The molecule has 3 rings (SSSR count). The molecule has 0 fully saturated rings. The van der Waals surface area contributed by atoms with Crippen LogP contribution in [0.1, 0.15) is 0 Å². The Hall–Kier alpha value is -2.93. The first-order chi connectivity index (χ1) is 12.1. The number of nitrogen functional groups attached to an aromatic ring is 1. The molecule has 7 nitrogen and oxygen atoms in total. The minimum atomic E-state index is 0.417. The molecule has 0 aliphatic carbocycles. The zero-order valence-electron chi connectivity index (χ0n) is 14.0. The number of benzene rings is 2. The molecular weight excluding hydrogens is 344 g/mol. The number of nitrogens with one attached hydrogen (secondary N) is 1. The summed E-state index contributed by atoms with van der Waals surface area (Å²) >= 11 is 6.12. The van der Waals surface area contributed by atoms with E-state index in [1.54, 1.807) is 45.6 Å². The van der Waals surface area contributed by atoms with Gasteiger partial charge in [0.05, 0.1) is 37.6 Å². The number of methoxy groups -OCH3 is 3. The summed E-state index contributed by atoms with van der Waals surface area (Å²) in [5, 5.41) is 7.57. The lowest BCUT2D eigenvalue weighted by Gasteiger charge is -2.08. The third-order valence-electron chi connectivity index (χ3n) is 3.70. The molecule has 8 heteroatoms. The van der Waals surface area contributed by atoms with Crippen molar-refractivity contribution in [3.05, 3.63) is 35.4 Å². The van der Waals surface area contributed by atoms with E-state index in [9.17, 15) is 0 Å². The average Bonchev–Trinajstić information content (AvgIpc) is 3.12. The van der Waals surface area contributed by atoms with Gasteiger partial charge in [0.15, 0.2) is 23.1 Å². The van der Waals surface area contributed by atoms with E-state index in [0.29, 0.717) is 45.2 Å². The highest BCUT2D eigenvalue weighted by molar-refractivity contribution is 6.33. The van der Waals surface area contributed by atoms with E-state index in [0.717, 1.165) is 5.56 Å². The van der Waals surface area contributed by atoms with E-state index in [1.165, 1.54) is 0 Å². The van der Waals surface area contributed by atoms with E-state index in [2.05, 4.69) is 15.2 Å². The van der Waals surface area contributed by atoms with Gasteiger partial charge < -0.3 is 19.9 Å². The van der Waals surface area contributed by atoms with Gasteiger partial charge in [0.1, 0.15) is 5.75 Å². The van der Waals surface area contributed by atoms with E-state index in [1.807, 2.05) is 6.07 Å². The minimum absolute atomic E-state index is 0.417. The van der Waals surface area contributed by atoms with Crippen LogP contribution in [-0.4, -0.2) is 36.5 Å². The van der Waals surface area contributed by atoms with E-state index in [4.69, 9.17) is 31.5 Å². The number of ether oxygens (including phenoxy) is 3. The van der Waals surface area contributed by atoms with Crippen LogP contribution in [0.2, 0.25) is 5.02 Å². The van der Waals surface area contributed by atoms with Crippen LogP contribution in [0.15, 0.2) is 30.3 Å². The van der Waals surface area contributed by atoms with Crippen molar-refractivity contribution in [1.29, 1.82) is 0 Å². The third kappa shape index (κ3) is 3.18. The Balaban J connectivity index is 2.03. The van der Waals surface area contributed by atoms with Gasteiger partial charge in [-0.15, -0.1) is 0 Å². The fraction of sp³-hybridized carbons (Fsp3) is 0.176. The Kier molecular flexibility index (Phi) is 4.67. The number of hydrogen-bond acceptors (Lipinski definition) is 6. The number of anilines is 1. The maximum absolute atomic E-state index is 6.12. The van der Waals surface area contributed by atoms with Crippen LogP contribution in [0.3, 0.4) is 0 Å². The summed E-state index contributed by atoms with van der Waals surface area (Å²) in [4.78, 5) is 4.52. The van der Waals surface area contributed by atoms with Crippen LogP contribution in [0.4, 0.5) is 5.69 Å². The fourth-order valence-electron chi connectivity index (χ4n) is 2.41. The maximum Gasteiger partial charge on any atom is 0.181 e. The Morgan fingerprint density at radius 2 is 1.68 bits per heavy atom. The first-order valence-corrected chi connectivity index (χ1v) is 7.73. The van der Waals surface area contributed by atoms with Crippen LogP contribution < -0.4 is 19.9 Å². The summed E-state index contributed by atoms with van der Waals surface area (Å²) in [5.74, 6) is 2.81. The van der Waals surface area contributed by atoms with Gasteiger partial charge in [-0.1, -0.05) is 11.6 Å². The van der Waals surface area contributed by atoms with Crippen molar-refractivity contribution in [3.8, 4) is 40.0 Å². The van der Waals surface area contributed by atoms with Gasteiger partial charge in [-0.25, -0.2) is 4.98 Å². The lowest BCUT2D eigenvalue weighted by Crippen LogP contribution is -1.94. The SMILES string of the molecule is COc1ccc(-c2n[nH]c(-c3cc(Cl)c(N)cc3OC)n2)cc1OC. The monoisotopic (exact) mass is 360 g/mol. The number of rotatable bonds is 5. The average molecular weight is 361 g/mol. The number of aromatic nitrogens is 3. The molecule has 130 valence electrons. The molecule has 1 aromatic heterocycles. The number of nitrogens with two attached hydrogens (primary N) is 1. The van der Waals surface area contributed by atoms with Gasteiger partial charge in [0, 0.05) is 11.6 Å². The van der Waals surface area contributed by atoms with Crippen LogP contribution in [0.5, 0.6) is 17.2 Å². The van der Waals surface area contributed by atoms with Crippen LogP contribution in [0.25, 0.3) is 22.8 Å². The number of hydrogen-bond donors (Lipinski definition) is 2. The molecular formula is C17H17ClN4O3. The second-order valence-electron chi connectivity index (χ2n) is 5.15. The molecule has 3 N–H and O–H groups in total. The quantitative estimate of drug-likeness (QED) is 0.677. The summed E-state index contributed by atoms with van der Waals surface area (Å²) < 4.78 is 15.9. The summed E-state index contributed by atoms with van der Waals surface area (Å²) in [5.41, 5.74) is 7.69. The molecule has 25 heavy (non-hydrogen) atoms. The molecule has 0 saturated heterocycles. The number of H-pyrrole nitrogens is 1. The zero-order chi connectivity index (χ0) is 18.0. The normalized spacial score (nSPS) is 10.6. The van der Waals surface area contributed by atoms with Gasteiger partial charge >= 0.3 is 0 Å². The van der Waals surface area contributed by atoms with Crippen molar-refractivity contribution in [3.63, 3.8) is 0 Å². The van der Waals surface area contributed by atoms with Gasteiger partial charge in [-0.2, -0.15) is 5.10 Å². The van der Waals surface area contributed by atoms with Crippen molar-refractivity contribution in [2.75, 3.05) is 27.1 Å². The molecule has 0 unspecified atom stereocenters. The molecule has 2 aromatic carbocycles. The first-order valence-electron chi connectivity index (χ1n) is 7.35. The zero-order valence-corrected chi connectivity index (χ0v) is 14.7. The van der Waals surface area contributed by atoms with Gasteiger partial charge in [0.2, 0.25) is 0 Å². The highest BCUT2D eigenvalue weighted by Gasteiger charge is 2.15. The third-order valence-corrected chi connectivity index (χ3v) is 4.03. The van der Waals surface area contributed by atoms with Crippen molar-refractivity contribution in [2.45, 2.75) is 0 Å². The standard InChI is InChI=1S/C17H17ClN4O3/c1-23-13-5-4-9(6-15(13)25-3)16-20-17(22-21-16)10-7-11(18)12(19)8-14(10)24-2/h4-8H,19H2,1-3H3,(H,20,21,22). The summed E-state index contributed by atoms with van der Waals surface area (Å²) in [6.07, 6.45) is 0. The lowest BCUT2D eigenvalue weighted by molar-refractivity contribution is 0.355. The molecule has 0 bridgehead atoms. The molecule has 0 spiro atoms. The van der Waals surface area contributed by atoms with E-state index < -0.39 is 0 Å². The Labute approximate surface area is 149 Å². The molecule has 3 aromatic rings. The summed E-state index contributed by atoms with van der Waals surface area (Å²) in [6, 6.07) is 8.79. The smallest absolute Gasteiger partial charge is 0.181 e. The highest BCUT2D eigenvalue weighted by Crippen LogP contribution is 2.36. The molecule has 1 heterocycles. The van der Waals surface area contributed by atoms with Gasteiger partial charge in [-0.3, -0.25) is 5.10 Å². The minimum Gasteiger partial charge on any atom is -0.496 e. The molecule has 0 radical (unpaired) electrons. The number of aromatic amines is 1. The van der Waals surface area contributed by atoms with Crippen molar-refractivity contribution in [1.82, 2.24) is 15.2 Å². The molecule has 0 atom stereocenters. The highest BCUT2D eigenvalue weighted by atomic mass is 35.5. The van der Waals surface area contributed by atoms with Crippen molar-refractivity contribution >= 4 is 17.3 Å².